The van der Waals surface area contributed by atoms with Gasteiger partial charge in [-0.3, -0.25) is 14.5 Å². The zero-order valence-electron chi connectivity index (χ0n) is 14.9. The minimum atomic E-state index is -0.634. The number of nitrogens with zero attached hydrogens (tertiary/aromatic N) is 2. The molecule has 2 aromatic rings. The summed E-state index contributed by atoms with van der Waals surface area (Å²) < 4.78 is 6.52. The van der Waals surface area contributed by atoms with Crippen molar-refractivity contribution in [1.29, 1.82) is 0 Å². The molecule has 1 aliphatic carbocycles. The van der Waals surface area contributed by atoms with Crippen LogP contribution in [0, 0.1) is 5.41 Å². The number of amides is 2. The number of para-hydroxylation sites is 2. The smallest absolute Gasteiger partial charge is 0.262 e. The highest BCUT2D eigenvalue weighted by Gasteiger charge is 2.75. The number of carbonyl (C=O) groups excluding carboxylic acids is 2. The minimum absolute atomic E-state index is 0.0471. The minimum Gasteiger partial charge on any atom is -0.465 e. The molecule has 4 fully saturated rings. The monoisotopic (exact) mass is 360 g/mol. The highest BCUT2D eigenvalue weighted by molar-refractivity contribution is 6.09. The molecule has 27 heavy (non-hydrogen) atoms. The topological polar surface area (TPSA) is 49.9 Å². The van der Waals surface area contributed by atoms with E-state index in [1.807, 2.05) is 42.5 Å². The molecular formula is C22H20N2O3. The normalized spacial score (nSPS) is 32.7. The van der Waals surface area contributed by atoms with E-state index in [9.17, 15) is 9.59 Å². The number of hydrogen-bond donors (Lipinski definition) is 0. The third-order valence-corrected chi connectivity index (χ3v) is 6.95. The first-order valence-corrected chi connectivity index (χ1v) is 9.68. The molecule has 1 unspecified atom stereocenters. The molecule has 136 valence electrons. The van der Waals surface area contributed by atoms with E-state index in [0.717, 1.165) is 43.5 Å². The number of ether oxygens (including phenoxy) is 1. The van der Waals surface area contributed by atoms with Gasteiger partial charge < -0.3 is 9.64 Å². The van der Waals surface area contributed by atoms with Gasteiger partial charge in [-0.05, 0) is 49.9 Å². The summed E-state index contributed by atoms with van der Waals surface area (Å²) in [5, 5.41) is 0. The van der Waals surface area contributed by atoms with Crippen LogP contribution < -0.4 is 9.64 Å². The molecule has 3 atom stereocenters. The molecule has 5 aliphatic rings. The average Bonchev–Trinajstić information content (AvgIpc) is 3.26. The molecule has 5 heteroatoms. The van der Waals surface area contributed by atoms with Crippen LogP contribution in [0.5, 0.6) is 5.75 Å². The van der Waals surface area contributed by atoms with Crippen molar-refractivity contribution in [3.8, 4) is 5.75 Å². The van der Waals surface area contributed by atoms with E-state index in [-0.39, 0.29) is 18.0 Å². The van der Waals surface area contributed by atoms with Crippen molar-refractivity contribution in [3.05, 3.63) is 60.2 Å². The van der Waals surface area contributed by atoms with Crippen LogP contribution in [0.3, 0.4) is 0 Å². The van der Waals surface area contributed by atoms with E-state index in [4.69, 9.17) is 4.74 Å². The summed E-state index contributed by atoms with van der Waals surface area (Å²) in [6.45, 7) is 0. The summed E-state index contributed by atoms with van der Waals surface area (Å²) in [5.41, 5.74) is 0.314. The molecule has 0 aromatic heterocycles. The molecule has 2 spiro atoms. The van der Waals surface area contributed by atoms with Gasteiger partial charge in [-0.15, -0.1) is 0 Å². The molecule has 1 saturated carbocycles. The Hall–Kier alpha value is -2.82. The van der Waals surface area contributed by atoms with Crippen LogP contribution in [0.25, 0.3) is 0 Å². The number of rotatable bonds is 1. The number of piperidine rings is 2. The molecule has 2 amide bonds. The van der Waals surface area contributed by atoms with Crippen molar-refractivity contribution in [3.63, 3.8) is 0 Å². The molecule has 2 bridgehead atoms. The quantitative estimate of drug-likeness (QED) is 0.730. The Labute approximate surface area is 157 Å². The van der Waals surface area contributed by atoms with Gasteiger partial charge in [0.05, 0.1) is 5.69 Å². The lowest BCUT2D eigenvalue weighted by molar-refractivity contribution is -0.175. The highest BCUT2D eigenvalue weighted by Crippen LogP contribution is 2.66. The summed E-state index contributed by atoms with van der Waals surface area (Å²) in [6, 6.07) is 17.1. The van der Waals surface area contributed by atoms with Crippen molar-refractivity contribution in [1.82, 2.24) is 4.90 Å². The van der Waals surface area contributed by atoms with Crippen molar-refractivity contribution in [2.75, 3.05) is 4.90 Å². The first-order chi connectivity index (χ1) is 13.2. The van der Waals surface area contributed by atoms with Crippen molar-refractivity contribution in [2.24, 2.45) is 5.41 Å². The summed E-state index contributed by atoms with van der Waals surface area (Å²) in [4.78, 5) is 30.8. The van der Waals surface area contributed by atoms with Gasteiger partial charge in [0.2, 0.25) is 5.91 Å². The maximum absolute atomic E-state index is 13.7. The zero-order valence-corrected chi connectivity index (χ0v) is 14.9. The third kappa shape index (κ3) is 1.62. The predicted octanol–water partition coefficient (Wildman–Crippen LogP) is 3.55. The molecule has 5 nitrogen and oxygen atoms in total. The second kappa shape index (κ2) is 4.91. The summed E-state index contributed by atoms with van der Waals surface area (Å²) in [6.07, 6.45) is 3.85. The van der Waals surface area contributed by atoms with E-state index in [1.54, 1.807) is 12.1 Å². The summed E-state index contributed by atoms with van der Waals surface area (Å²) in [7, 11) is 0. The number of imide groups is 1. The van der Waals surface area contributed by atoms with Gasteiger partial charge in [0.15, 0.2) is 5.72 Å². The average molecular weight is 360 g/mol. The van der Waals surface area contributed by atoms with Crippen LogP contribution in [0.15, 0.2) is 54.6 Å². The van der Waals surface area contributed by atoms with Crippen LogP contribution in [0.1, 0.15) is 42.5 Å². The Morgan fingerprint density at radius 2 is 1.78 bits per heavy atom. The fraction of sp³-hybridized carbons (Fsp3) is 0.364. The number of hydrogen-bond acceptors (Lipinski definition) is 4. The molecule has 0 radical (unpaired) electrons. The first-order valence-electron chi connectivity index (χ1n) is 9.68. The van der Waals surface area contributed by atoms with Crippen molar-refractivity contribution < 1.29 is 14.3 Å². The Balaban J connectivity index is 1.53. The molecule has 7 rings (SSSR count). The molecule has 4 aliphatic heterocycles. The SMILES string of the molecule is O=C(c1ccccc1)N1C(=O)[C@@]23CCC[C@@]24Oc2ccccc2N4C1CC3. The van der Waals surface area contributed by atoms with E-state index in [0.29, 0.717) is 5.56 Å². The van der Waals surface area contributed by atoms with Gasteiger partial charge >= 0.3 is 0 Å². The van der Waals surface area contributed by atoms with Crippen LogP contribution >= 0.6 is 0 Å². The fourth-order valence-electron chi connectivity index (χ4n) is 5.90. The lowest BCUT2D eigenvalue weighted by atomic mass is 9.66. The maximum atomic E-state index is 13.7. The first kappa shape index (κ1) is 15.3. The second-order valence-electron chi connectivity index (χ2n) is 8.03. The van der Waals surface area contributed by atoms with Crippen LogP contribution in [0.4, 0.5) is 5.69 Å². The van der Waals surface area contributed by atoms with E-state index < -0.39 is 11.1 Å². The van der Waals surface area contributed by atoms with Gasteiger partial charge in [0.1, 0.15) is 17.3 Å². The molecule has 0 N–H and O–H groups in total. The molecule has 2 aromatic carbocycles. The zero-order chi connectivity index (χ0) is 18.2. The van der Waals surface area contributed by atoms with Crippen molar-refractivity contribution in [2.45, 2.75) is 44.0 Å². The Bertz CT molecular complexity index is 975. The number of fused-ring (bicyclic) bond motifs is 3. The summed E-state index contributed by atoms with van der Waals surface area (Å²) >= 11 is 0. The fourth-order valence-corrected chi connectivity index (χ4v) is 5.90. The standard InChI is InChI=1S/C22H20N2O3/c25-19(15-7-2-1-3-8-15)23-18-11-14-21(20(23)26)12-6-13-22(21)24(18)16-9-4-5-10-17(16)27-22/h1-5,7-10,18H,6,11-14H2/t18?,21-,22+/m0/s1. The van der Waals surface area contributed by atoms with Gasteiger partial charge in [-0.2, -0.15) is 0 Å². The van der Waals surface area contributed by atoms with Gasteiger partial charge in [0, 0.05) is 12.0 Å². The number of anilines is 1. The van der Waals surface area contributed by atoms with Crippen LogP contribution in [0.2, 0.25) is 0 Å². The van der Waals surface area contributed by atoms with Gasteiger partial charge in [0.25, 0.3) is 5.91 Å². The lowest BCUT2D eigenvalue weighted by Gasteiger charge is -2.61. The lowest BCUT2D eigenvalue weighted by Crippen LogP contribution is -2.79. The molecule has 3 saturated heterocycles. The van der Waals surface area contributed by atoms with Gasteiger partial charge in [-0.25, -0.2) is 0 Å². The Kier molecular flexibility index (Phi) is 2.78. The molecular weight excluding hydrogens is 340 g/mol. The van der Waals surface area contributed by atoms with E-state index in [2.05, 4.69) is 4.90 Å². The predicted molar refractivity (Wildman–Crippen MR) is 99.2 cm³/mol. The summed E-state index contributed by atoms with van der Waals surface area (Å²) in [5.74, 6) is 0.584. The Morgan fingerprint density at radius 3 is 2.63 bits per heavy atom. The Morgan fingerprint density at radius 1 is 1.00 bits per heavy atom. The van der Waals surface area contributed by atoms with E-state index >= 15 is 0 Å². The van der Waals surface area contributed by atoms with Crippen LogP contribution in [-0.2, 0) is 4.79 Å². The second-order valence-corrected chi connectivity index (χ2v) is 8.03. The largest absolute Gasteiger partial charge is 0.465 e. The van der Waals surface area contributed by atoms with E-state index in [1.165, 1.54) is 4.90 Å². The van der Waals surface area contributed by atoms with Crippen molar-refractivity contribution >= 4 is 17.5 Å². The number of carbonyl (C=O) groups is 2. The van der Waals surface area contributed by atoms with Crippen LogP contribution in [-0.4, -0.2) is 28.6 Å². The molecule has 4 heterocycles. The number of benzene rings is 2. The maximum Gasteiger partial charge on any atom is 0.262 e. The highest BCUT2D eigenvalue weighted by atomic mass is 16.5. The van der Waals surface area contributed by atoms with Gasteiger partial charge in [-0.1, -0.05) is 30.3 Å². The third-order valence-electron chi connectivity index (χ3n) is 6.95.